The van der Waals surface area contributed by atoms with Gasteiger partial charge in [0, 0.05) is 15.7 Å². The lowest BCUT2D eigenvalue weighted by atomic mass is 10.0. The Morgan fingerprint density at radius 3 is 2.45 bits per heavy atom. The predicted octanol–water partition coefficient (Wildman–Crippen LogP) is 5.02. The molecule has 2 nitrogen and oxygen atoms in total. The summed E-state index contributed by atoms with van der Waals surface area (Å²) in [5, 5.41) is 5.39. The standard InChI is InChI=1S/C19H16INO/c20-16-9-11-17(12-10-16)21-19(22)13-8-15-6-3-5-14-4-1-2-7-18(14)15/h1-7,9-12H,8,13H2,(H,21,22). The molecule has 0 fully saturated rings. The first-order valence-electron chi connectivity index (χ1n) is 7.24. The van der Waals surface area contributed by atoms with E-state index in [-0.39, 0.29) is 5.91 Å². The number of nitrogens with one attached hydrogen (secondary N) is 1. The summed E-state index contributed by atoms with van der Waals surface area (Å²) in [6, 6.07) is 22.4. The van der Waals surface area contributed by atoms with Crippen LogP contribution in [0.15, 0.2) is 66.7 Å². The molecule has 0 saturated heterocycles. The summed E-state index contributed by atoms with van der Waals surface area (Å²) in [4.78, 5) is 12.1. The van der Waals surface area contributed by atoms with Crippen LogP contribution in [0, 0.1) is 3.57 Å². The van der Waals surface area contributed by atoms with Gasteiger partial charge in [0.2, 0.25) is 5.91 Å². The van der Waals surface area contributed by atoms with Gasteiger partial charge >= 0.3 is 0 Å². The molecule has 0 aromatic heterocycles. The van der Waals surface area contributed by atoms with Crippen LogP contribution in [0.1, 0.15) is 12.0 Å². The largest absolute Gasteiger partial charge is 0.326 e. The number of halogens is 1. The van der Waals surface area contributed by atoms with Gasteiger partial charge in [-0.1, -0.05) is 42.5 Å². The molecule has 1 N–H and O–H groups in total. The van der Waals surface area contributed by atoms with Crippen LogP contribution in [0.2, 0.25) is 0 Å². The molecule has 3 aromatic carbocycles. The van der Waals surface area contributed by atoms with Crippen LogP contribution in [0.5, 0.6) is 0 Å². The third-order valence-corrected chi connectivity index (χ3v) is 4.35. The minimum absolute atomic E-state index is 0.0501. The van der Waals surface area contributed by atoms with Gasteiger partial charge in [-0.05, 0) is 69.6 Å². The lowest BCUT2D eigenvalue weighted by Crippen LogP contribution is -2.12. The molecule has 0 saturated carbocycles. The lowest BCUT2D eigenvalue weighted by Gasteiger charge is -2.08. The Morgan fingerprint density at radius 2 is 1.64 bits per heavy atom. The zero-order valence-corrected chi connectivity index (χ0v) is 14.2. The van der Waals surface area contributed by atoms with E-state index in [1.54, 1.807) is 0 Å². The normalized spacial score (nSPS) is 10.6. The van der Waals surface area contributed by atoms with E-state index < -0.39 is 0 Å². The Bertz CT molecular complexity index is 791. The monoisotopic (exact) mass is 401 g/mol. The molecule has 22 heavy (non-hydrogen) atoms. The topological polar surface area (TPSA) is 29.1 Å². The lowest BCUT2D eigenvalue weighted by molar-refractivity contribution is -0.116. The maximum absolute atomic E-state index is 12.1. The van der Waals surface area contributed by atoms with Gasteiger partial charge in [-0.15, -0.1) is 0 Å². The Morgan fingerprint density at radius 1 is 0.909 bits per heavy atom. The average Bonchev–Trinajstić information content (AvgIpc) is 2.55. The number of amides is 1. The second-order valence-electron chi connectivity index (χ2n) is 5.19. The number of carbonyl (C=O) groups excluding carboxylic acids is 1. The van der Waals surface area contributed by atoms with E-state index >= 15 is 0 Å². The first kappa shape index (κ1) is 15.0. The van der Waals surface area contributed by atoms with Gasteiger partial charge in [0.25, 0.3) is 0 Å². The summed E-state index contributed by atoms with van der Waals surface area (Å²) in [6.45, 7) is 0. The van der Waals surface area contributed by atoms with Crippen LogP contribution < -0.4 is 5.32 Å². The van der Waals surface area contributed by atoms with Gasteiger partial charge in [0.05, 0.1) is 0 Å². The SMILES string of the molecule is O=C(CCc1cccc2ccccc12)Nc1ccc(I)cc1. The summed E-state index contributed by atoms with van der Waals surface area (Å²) in [7, 11) is 0. The van der Waals surface area contributed by atoms with Crippen LogP contribution in [0.3, 0.4) is 0 Å². The molecule has 0 radical (unpaired) electrons. The summed E-state index contributed by atoms with van der Waals surface area (Å²) in [6.07, 6.45) is 1.23. The van der Waals surface area contributed by atoms with Gasteiger partial charge in [0.15, 0.2) is 0 Å². The Kier molecular flexibility index (Phi) is 4.73. The highest BCUT2D eigenvalue weighted by atomic mass is 127. The van der Waals surface area contributed by atoms with Gasteiger partial charge in [-0.25, -0.2) is 0 Å². The van der Waals surface area contributed by atoms with E-state index in [1.165, 1.54) is 16.3 Å². The van der Waals surface area contributed by atoms with Crippen molar-refractivity contribution in [3.05, 3.63) is 75.9 Å². The number of rotatable bonds is 4. The summed E-state index contributed by atoms with van der Waals surface area (Å²) >= 11 is 2.25. The number of fused-ring (bicyclic) bond motifs is 1. The molecule has 0 aliphatic heterocycles. The van der Waals surface area contributed by atoms with E-state index in [2.05, 4.69) is 58.2 Å². The summed E-state index contributed by atoms with van der Waals surface area (Å²) in [5.74, 6) is 0.0501. The Hall–Kier alpha value is -1.88. The molecule has 0 aliphatic carbocycles. The van der Waals surface area contributed by atoms with Crippen molar-refractivity contribution in [2.24, 2.45) is 0 Å². The van der Waals surface area contributed by atoms with Crippen molar-refractivity contribution in [2.75, 3.05) is 5.32 Å². The summed E-state index contributed by atoms with van der Waals surface area (Å²) in [5.41, 5.74) is 2.07. The van der Waals surface area contributed by atoms with Gasteiger partial charge in [-0.2, -0.15) is 0 Å². The minimum Gasteiger partial charge on any atom is -0.326 e. The molecule has 0 unspecified atom stereocenters. The van der Waals surface area contributed by atoms with Crippen LogP contribution in [-0.2, 0) is 11.2 Å². The molecule has 0 aliphatic rings. The van der Waals surface area contributed by atoms with Crippen LogP contribution in [0.4, 0.5) is 5.69 Å². The Labute approximate surface area is 143 Å². The fourth-order valence-corrected chi connectivity index (χ4v) is 2.87. The van der Waals surface area contributed by atoms with Crippen molar-refractivity contribution in [2.45, 2.75) is 12.8 Å². The van der Waals surface area contributed by atoms with E-state index in [0.717, 1.165) is 15.7 Å². The second kappa shape index (κ2) is 6.92. The highest BCUT2D eigenvalue weighted by molar-refractivity contribution is 14.1. The molecule has 0 atom stereocenters. The number of carbonyl (C=O) groups is 1. The molecular weight excluding hydrogens is 385 g/mol. The van der Waals surface area contributed by atoms with E-state index in [4.69, 9.17) is 0 Å². The van der Waals surface area contributed by atoms with E-state index in [9.17, 15) is 4.79 Å². The Balaban J connectivity index is 1.66. The highest BCUT2D eigenvalue weighted by Gasteiger charge is 2.05. The molecular formula is C19H16INO. The molecule has 0 bridgehead atoms. The maximum atomic E-state index is 12.1. The minimum atomic E-state index is 0.0501. The average molecular weight is 401 g/mol. The second-order valence-corrected chi connectivity index (χ2v) is 6.44. The number of benzene rings is 3. The fourth-order valence-electron chi connectivity index (χ4n) is 2.52. The van der Waals surface area contributed by atoms with Gasteiger partial charge in [0.1, 0.15) is 0 Å². The zero-order valence-electron chi connectivity index (χ0n) is 12.1. The zero-order chi connectivity index (χ0) is 15.4. The first-order valence-corrected chi connectivity index (χ1v) is 8.32. The number of anilines is 1. The molecule has 0 heterocycles. The van der Waals surface area contributed by atoms with Gasteiger partial charge < -0.3 is 5.32 Å². The van der Waals surface area contributed by atoms with Crippen LogP contribution in [-0.4, -0.2) is 5.91 Å². The van der Waals surface area contributed by atoms with Crippen molar-refractivity contribution in [1.29, 1.82) is 0 Å². The molecule has 1 amide bonds. The van der Waals surface area contributed by atoms with Crippen molar-refractivity contribution >= 4 is 45.0 Å². The van der Waals surface area contributed by atoms with Crippen molar-refractivity contribution in [1.82, 2.24) is 0 Å². The van der Waals surface area contributed by atoms with Crippen LogP contribution in [0.25, 0.3) is 10.8 Å². The number of hydrogen-bond donors (Lipinski definition) is 1. The van der Waals surface area contributed by atoms with Crippen molar-refractivity contribution < 1.29 is 4.79 Å². The summed E-state index contributed by atoms with van der Waals surface area (Å²) < 4.78 is 1.16. The van der Waals surface area contributed by atoms with E-state index in [1.807, 2.05) is 36.4 Å². The predicted molar refractivity (Wildman–Crippen MR) is 100 cm³/mol. The smallest absolute Gasteiger partial charge is 0.224 e. The van der Waals surface area contributed by atoms with Crippen molar-refractivity contribution in [3.63, 3.8) is 0 Å². The maximum Gasteiger partial charge on any atom is 0.224 e. The quantitative estimate of drug-likeness (QED) is 0.612. The van der Waals surface area contributed by atoms with E-state index in [0.29, 0.717) is 6.42 Å². The van der Waals surface area contributed by atoms with Gasteiger partial charge in [-0.3, -0.25) is 4.79 Å². The first-order chi connectivity index (χ1) is 10.7. The third kappa shape index (κ3) is 3.65. The van der Waals surface area contributed by atoms with Crippen molar-refractivity contribution in [3.8, 4) is 0 Å². The fraction of sp³-hybridized carbons (Fsp3) is 0.105. The molecule has 3 rings (SSSR count). The molecule has 3 aromatic rings. The third-order valence-electron chi connectivity index (χ3n) is 3.63. The number of hydrogen-bond acceptors (Lipinski definition) is 1. The van der Waals surface area contributed by atoms with Crippen LogP contribution >= 0.6 is 22.6 Å². The number of aryl methyl sites for hydroxylation is 1. The molecule has 3 heteroatoms. The molecule has 0 spiro atoms. The highest BCUT2D eigenvalue weighted by Crippen LogP contribution is 2.20. The molecule has 110 valence electrons.